The fraction of sp³-hybridized carbons (Fsp3) is 0.387. The maximum absolute atomic E-state index is 13.0. The second-order valence-corrected chi connectivity index (χ2v) is 10.4. The number of carbonyl (C=O) groups excluding carboxylic acids is 1. The molecule has 0 aliphatic carbocycles. The number of nitrogens with one attached hydrogen (secondary N) is 1. The fourth-order valence-corrected chi connectivity index (χ4v) is 5.81. The molecule has 3 aliphatic heterocycles. The molecular formula is C31H37N2O4+. The molecule has 194 valence electrons. The van der Waals surface area contributed by atoms with Gasteiger partial charge in [0.1, 0.15) is 19.2 Å². The third-order valence-electron chi connectivity index (χ3n) is 7.89. The van der Waals surface area contributed by atoms with E-state index in [9.17, 15) is 9.90 Å². The number of hydrogen-bond donors (Lipinski definition) is 2. The van der Waals surface area contributed by atoms with Crippen LogP contribution >= 0.6 is 0 Å². The molecule has 37 heavy (non-hydrogen) atoms. The largest absolute Gasteiger partial charge is 0.366 e. The van der Waals surface area contributed by atoms with Gasteiger partial charge < -0.3 is 19.1 Å². The molecule has 3 saturated heterocycles. The van der Waals surface area contributed by atoms with Crippen LogP contribution in [0.3, 0.4) is 0 Å². The number of Topliss-reactive ketones (excluding diaryl/α,β-unsaturated/α-hetero) is 1. The normalized spacial score (nSPS) is 24.5. The smallest absolute Gasteiger partial charge is 0.216 e. The molecule has 3 aliphatic rings. The molecule has 6 heteroatoms. The first-order chi connectivity index (χ1) is 18.1. The average Bonchev–Trinajstić information content (AvgIpc) is 2.95. The van der Waals surface area contributed by atoms with E-state index < -0.39 is 12.3 Å². The highest BCUT2D eigenvalue weighted by Crippen LogP contribution is 2.37. The number of rotatable bonds is 12. The van der Waals surface area contributed by atoms with Gasteiger partial charge in [-0.25, -0.2) is 0 Å². The number of quaternary nitrogens is 1. The summed E-state index contributed by atoms with van der Waals surface area (Å²) in [5, 5.41) is 14.6. The van der Waals surface area contributed by atoms with Crippen LogP contribution in [-0.2, 0) is 16.1 Å². The molecule has 2 bridgehead atoms. The highest BCUT2D eigenvalue weighted by Gasteiger charge is 2.48. The standard InChI is InChI=1S/C31H37N2O4/c34-28(25-12-6-2-7-13-25)20-33-18-16-26(17-19-33)29(21-33)37-31(35)30(27-14-8-3-9-15-27)32-23-36-22-24-10-4-1-5-11-24/h1-15,26,29-32,35H,16-23H2/q+1. The SMILES string of the molecule is O=C(C[N+]12CCC(CC1)C(OC(O)C(NCOCc1ccccc1)c1ccccc1)C2)c1ccccc1. The Morgan fingerprint density at radius 1 is 0.919 bits per heavy atom. The molecule has 6 nitrogen and oxygen atoms in total. The van der Waals surface area contributed by atoms with E-state index in [1.165, 1.54) is 0 Å². The van der Waals surface area contributed by atoms with Gasteiger partial charge in [-0.3, -0.25) is 10.1 Å². The third-order valence-corrected chi connectivity index (χ3v) is 7.89. The van der Waals surface area contributed by atoms with Crippen molar-refractivity contribution < 1.29 is 23.9 Å². The topological polar surface area (TPSA) is 67.8 Å². The van der Waals surface area contributed by atoms with Crippen molar-refractivity contribution in [2.24, 2.45) is 5.92 Å². The van der Waals surface area contributed by atoms with E-state index in [2.05, 4.69) is 5.32 Å². The molecule has 3 unspecified atom stereocenters. The summed E-state index contributed by atoms with van der Waals surface area (Å²) in [5.74, 6) is 0.590. The van der Waals surface area contributed by atoms with Gasteiger partial charge in [0, 0.05) is 24.3 Å². The summed E-state index contributed by atoms with van der Waals surface area (Å²) in [7, 11) is 0. The zero-order valence-corrected chi connectivity index (χ0v) is 21.2. The Balaban J connectivity index is 1.22. The maximum Gasteiger partial charge on any atom is 0.216 e. The number of fused-ring (bicyclic) bond motifs is 3. The summed E-state index contributed by atoms with van der Waals surface area (Å²) >= 11 is 0. The Hall–Kier alpha value is -2.87. The summed E-state index contributed by atoms with van der Waals surface area (Å²) in [4.78, 5) is 13.0. The van der Waals surface area contributed by atoms with Crippen molar-refractivity contribution in [3.05, 3.63) is 108 Å². The van der Waals surface area contributed by atoms with Crippen molar-refractivity contribution in [1.29, 1.82) is 0 Å². The third kappa shape index (κ3) is 6.53. The highest BCUT2D eigenvalue weighted by atomic mass is 16.6. The van der Waals surface area contributed by atoms with E-state index in [1.807, 2.05) is 91.0 Å². The van der Waals surface area contributed by atoms with Crippen LogP contribution in [0.2, 0.25) is 0 Å². The van der Waals surface area contributed by atoms with Crippen LogP contribution in [-0.4, -0.2) is 60.7 Å². The molecule has 3 fully saturated rings. The lowest BCUT2D eigenvalue weighted by atomic mass is 9.82. The van der Waals surface area contributed by atoms with Crippen molar-refractivity contribution in [3.63, 3.8) is 0 Å². The molecule has 3 aromatic rings. The highest BCUT2D eigenvalue weighted by molar-refractivity contribution is 5.96. The molecule has 3 atom stereocenters. The van der Waals surface area contributed by atoms with Gasteiger partial charge in [0.05, 0.1) is 32.5 Å². The molecule has 3 heterocycles. The van der Waals surface area contributed by atoms with Crippen LogP contribution in [0.4, 0.5) is 0 Å². The van der Waals surface area contributed by atoms with Crippen LogP contribution in [0.1, 0.15) is 40.4 Å². The maximum atomic E-state index is 13.0. The monoisotopic (exact) mass is 501 g/mol. The van der Waals surface area contributed by atoms with Crippen LogP contribution in [0, 0.1) is 5.92 Å². The average molecular weight is 502 g/mol. The van der Waals surface area contributed by atoms with E-state index >= 15 is 0 Å². The first kappa shape index (κ1) is 25.8. The molecule has 2 N–H and O–H groups in total. The van der Waals surface area contributed by atoms with Crippen molar-refractivity contribution in [2.45, 2.75) is 37.9 Å². The minimum absolute atomic E-state index is 0.0840. The van der Waals surface area contributed by atoms with Crippen LogP contribution in [0.25, 0.3) is 0 Å². The van der Waals surface area contributed by atoms with Crippen LogP contribution < -0.4 is 5.32 Å². The fourth-order valence-electron chi connectivity index (χ4n) is 5.81. The van der Waals surface area contributed by atoms with Gasteiger partial charge in [-0.1, -0.05) is 91.0 Å². The van der Waals surface area contributed by atoms with Gasteiger partial charge in [-0.2, -0.15) is 0 Å². The van der Waals surface area contributed by atoms with Gasteiger partial charge in [-0.15, -0.1) is 0 Å². The summed E-state index contributed by atoms with van der Waals surface area (Å²) < 4.78 is 13.0. The number of hydrogen-bond acceptors (Lipinski definition) is 5. The van der Waals surface area contributed by atoms with E-state index in [0.717, 1.165) is 53.6 Å². The molecule has 0 aromatic heterocycles. The Morgan fingerprint density at radius 3 is 2.22 bits per heavy atom. The molecule has 0 saturated carbocycles. The number of aliphatic hydroxyl groups is 1. The van der Waals surface area contributed by atoms with Crippen molar-refractivity contribution in [3.8, 4) is 0 Å². The van der Waals surface area contributed by atoms with Gasteiger partial charge in [0.25, 0.3) is 0 Å². The Bertz CT molecular complexity index is 1120. The first-order valence-electron chi connectivity index (χ1n) is 13.3. The molecule has 3 aromatic carbocycles. The van der Waals surface area contributed by atoms with E-state index in [-0.39, 0.29) is 18.6 Å². The van der Waals surface area contributed by atoms with Gasteiger partial charge in [0.2, 0.25) is 5.78 Å². The Morgan fingerprint density at radius 2 is 1.54 bits per heavy atom. The zero-order valence-electron chi connectivity index (χ0n) is 21.2. The quantitative estimate of drug-likeness (QED) is 0.167. The van der Waals surface area contributed by atoms with E-state index in [0.29, 0.717) is 19.1 Å². The summed E-state index contributed by atoms with van der Waals surface area (Å²) in [6.07, 6.45) is 0.920. The molecule has 0 spiro atoms. The predicted octanol–water partition coefficient (Wildman–Crippen LogP) is 4.32. The Labute approximate surface area is 219 Å². The van der Waals surface area contributed by atoms with E-state index in [1.54, 1.807) is 0 Å². The number of ketones is 1. The molecular weight excluding hydrogens is 464 g/mol. The lowest BCUT2D eigenvalue weighted by Gasteiger charge is -2.52. The zero-order chi connectivity index (χ0) is 25.5. The number of nitrogens with zero attached hydrogens (tertiary/aromatic N) is 1. The number of ether oxygens (including phenoxy) is 2. The number of carbonyl (C=O) groups is 1. The second-order valence-electron chi connectivity index (χ2n) is 10.4. The lowest BCUT2D eigenvalue weighted by molar-refractivity contribution is -0.939. The lowest BCUT2D eigenvalue weighted by Crippen LogP contribution is -2.66. The van der Waals surface area contributed by atoms with Crippen LogP contribution in [0.5, 0.6) is 0 Å². The first-order valence-corrected chi connectivity index (χ1v) is 13.3. The molecule has 0 amide bonds. The minimum Gasteiger partial charge on any atom is -0.366 e. The number of aliphatic hydroxyl groups excluding tert-OH is 1. The molecule has 6 rings (SSSR count). The summed E-state index contributed by atoms with van der Waals surface area (Å²) in [6.45, 7) is 4.01. The van der Waals surface area contributed by atoms with Crippen molar-refractivity contribution in [1.82, 2.24) is 5.32 Å². The second kappa shape index (κ2) is 12.1. The van der Waals surface area contributed by atoms with E-state index in [4.69, 9.17) is 9.47 Å². The van der Waals surface area contributed by atoms with Crippen molar-refractivity contribution >= 4 is 5.78 Å². The molecule has 0 radical (unpaired) electrons. The summed E-state index contributed by atoms with van der Waals surface area (Å²) in [5.41, 5.74) is 2.82. The van der Waals surface area contributed by atoms with Gasteiger partial charge in [0.15, 0.2) is 6.29 Å². The Kier molecular flexibility index (Phi) is 8.44. The van der Waals surface area contributed by atoms with Gasteiger partial charge in [-0.05, 0) is 11.1 Å². The number of piperidine rings is 3. The van der Waals surface area contributed by atoms with Gasteiger partial charge >= 0.3 is 0 Å². The van der Waals surface area contributed by atoms with Crippen molar-refractivity contribution in [2.75, 3.05) is 32.9 Å². The van der Waals surface area contributed by atoms with Crippen LogP contribution in [0.15, 0.2) is 91.0 Å². The predicted molar refractivity (Wildman–Crippen MR) is 143 cm³/mol. The minimum atomic E-state index is -1.03. The summed E-state index contributed by atoms with van der Waals surface area (Å²) in [6, 6.07) is 29.0. The number of benzene rings is 3.